The van der Waals surface area contributed by atoms with Gasteiger partial charge in [-0.15, -0.1) is 0 Å². The van der Waals surface area contributed by atoms with E-state index in [0.29, 0.717) is 0 Å². The molecule has 0 radical (unpaired) electrons. The number of hydrogen-bond donors (Lipinski definition) is 2. The zero-order valence-corrected chi connectivity index (χ0v) is 9.74. The van der Waals surface area contributed by atoms with Gasteiger partial charge in [0.1, 0.15) is 5.69 Å². The summed E-state index contributed by atoms with van der Waals surface area (Å²) < 4.78 is 43.3. The van der Waals surface area contributed by atoms with Gasteiger partial charge >= 0.3 is 6.18 Å². The van der Waals surface area contributed by atoms with Crippen LogP contribution in [0.1, 0.15) is 5.69 Å². The van der Waals surface area contributed by atoms with Crippen molar-refractivity contribution < 1.29 is 17.6 Å². The first-order valence-corrected chi connectivity index (χ1v) is 5.45. The first kappa shape index (κ1) is 13.3. The van der Waals surface area contributed by atoms with E-state index in [1.54, 1.807) is 6.07 Å². The van der Waals surface area contributed by atoms with E-state index in [2.05, 4.69) is 15.3 Å². The quantitative estimate of drug-likeness (QED) is 0.891. The van der Waals surface area contributed by atoms with E-state index in [4.69, 9.17) is 10.2 Å². The number of hydrogen-bond acceptors (Lipinski definition) is 5. The lowest BCUT2D eigenvalue weighted by Crippen LogP contribution is -2.17. The highest BCUT2D eigenvalue weighted by Gasteiger charge is 2.34. The van der Waals surface area contributed by atoms with Crippen LogP contribution in [0, 0.1) is 0 Å². The third-order valence-corrected chi connectivity index (χ3v) is 2.22. The van der Waals surface area contributed by atoms with Gasteiger partial charge in [0.2, 0.25) is 5.95 Å². The molecule has 0 unspecified atom stereocenters. The Bertz CT molecular complexity index is 539. The number of nitrogens with one attached hydrogen (secondary N) is 1. The molecule has 8 heteroatoms. The normalized spacial score (nSPS) is 11.6. The summed E-state index contributed by atoms with van der Waals surface area (Å²) in [5.41, 5.74) is 4.30. The smallest absolute Gasteiger partial charge is 0.433 e. The molecule has 2 aromatic rings. The fraction of sp³-hybridized carbons (Fsp3) is 0.273. The van der Waals surface area contributed by atoms with Crippen LogP contribution < -0.4 is 11.1 Å². The summed E-state index contributed by atoms with van der Waals surface area (Å²) in [6, 6.07) is 3.93. The number of aromatic nitrogens is 2. The first-order valence-electron chi connectivity index (χ1n) is 5.45. The molecule has 0 fully saturated rings. The van der Waals surface area contributed by atoms with E-state index in [1.165, 1.54) is 12.3 Å². The summed E-state index contributed by atoms with van der Waals surface area (Å²) in [7, 11) is 0. The molecule has 0 saturated carbocycles. The second-order valence-corrected chi connectivity index (χ2v) is 3.65. The number of nitrogens with two attached hydrogens (primary N) is 1. The predicted molar refractivity (Wildman–Crippen MR) is 62.3 cm³/mol. The Labute approximate surface area is 106 Å². The van der Waals surface area contributed by atoms with Crippen molar-refractivity contribution in [3.8, 4) is 11.5 Å². The summed E-state index contributed by atoms with van der Waals surface area (Å²) in [4.78, 5) is 7.36. The van der Waals surface area contributed by atoms with Gasteiger partial charge in [-0.05, 0) is 18.2 Å². The topological polar surface area (TPSA) is 77.0 Å². The zero-order chi connectivity index (χ0) is 13.9. The van der Waals surface area contributed by atoms with E-state index in [0.717, 1.165) is 6.07 Å². The molecular weight excluding hydrogens is 261 g/mol. The molecule has 0 saturated heterocycles. The van der Waals surface area contributed by atoms with Gasteiger partial charge in [-0.25, -0.2) is 9.97 Å². The van der Waals surface area contributed by atoms with Gasteiger partial charge in [0.05, 0.1) is 6.26 Å². The molecule has 0 atom stereocenters. The maximum Gasteiger partial charge on any atom is 0.433 e. The fourth-order valence-electron chi connectivity index (χ4n) is 1.41. The van der Waals surface area contributed by atoms with Crippen molar-refractivity contribution >= 4 is 5.95 Å². The Hall–Kier alpha value is -2.09. The number of rotatable bonds is 4. The molecule has 0 aliphatic heterocycles. The van der Waals surface area contributed by atoms with Crippen LogP contribution in [0.4, 0.5) is 19.1 Å². The standard InChI is InChI=1S/C11H11F3N4O/c12-11(13,14)9-6-7(8-2-1-5-19-8)17-10(18-9)16-4-3-15/h1-2,5-6H,3-4,15H2,(H,16,17,18). The highest BCUT2D eigenvalue weighted by atomic mass is 19.4. The van der Waals surface area contributed by atoms with Crippen LogP contribution in [0.3, 0.4) is 0 Å². The number of nitrogens with zero attached hydrogens (tertiary/aromatic N) is 2. The lowest BCUT2D eigenvalue weighted by Gasteiger charge is -2.10. The molecule has 2 aromatic heterocycles. The van der Waals surface area contributed by atoms with Crippen molar-refractivity contribution in [3.05, 3.63) is 30.2 Å². The summed E-state index contributed by atoms with van der Waals surface area (Å²) in [5.74, 6) is 0.107. The van der Waals surface area contributed by atoms with Gasteiger partial charge in [0.15, 0.2) is 11.5 Å². The SMILES string of the molecule is NCCNc1nc(-c2ccco2)cc(C(F)(F)F)n1. The van der Waals surface area contributed by atoms with Crippen molar-refractivity contribution in [2.24, 2.45) is 5.73 Å². The summed E-state index contributed by atoms with van der Waals surface area (Å²) >= 11 is 0. The Morgan fingerprint density at radius 2 is 2.11 bits per heavy atom. The second-order valence-electron chi connectivity index (χ2n) is 3.65. The maximum atomic E-state index is 12.7. The first-order chi connectivity index (χ1) is 9.00. The minimum atomic E-state index is -4.55. The molecule has 0 amide bonds. The predicted octanol–water partition coefficient (Wildman–Crippen LogP) is 2.13. The molecule has 3 N–H and O–H groups in total. The molecule has 102 valence electrons. The monoisotopic (exact) mass is 272 g/mol. The third-order valence-electron chi connectivity index (χ3n) is 2.22. The van der Waals surface area contributed by atoms with Crippen LogP contribution in [0.5, 0.6) is 0 Å². The number of furan rings is 1. The van der Waals surface area contributed by atoms with Crippen molar-refractivity contribution in [1.29, 1.82) is 0 Å². The second kappa shape index (κ2) is 5.27. The molecule has 0 aliphatic rings. The van der Waals surface area contributed by atoms with Crippen molar-refractivity contribution in [3.63, 3.8) is 0 Å². The average Bonchev–Trinajstić information content (AvgIpc) is 2.89. The lowest BCUT2D eigenvalue weighted by molar-refractivity contribution is -0.141. The minimum absolute atomic E-state index is 0.0619. The molecule has 19 heavy (non-hydrogen) atoms. The average molecular weight is 272 g/mol. The van der Waals surface area contributed by atoms with Crippen molar-refractivity contribution in [2.45, 2.75) is 6.18 Å². The van der Waals surface area contributed by atoms with E-state index in [1.807, 2.05) is 0 Å². The fourth-order valence-corrected chi connectivity index (χ4v) is 1.41. The Balaban J connectivity index is 2.43. The van der Waals surface area contributed by atoms with Gasteiger partial charge in [0, 0.05) is 13.1 Å². The largest absolute Gasteiger partial charge is 0.463 e. The molecule has 0 spiro atoms. The van der Waals surface area contributed by atoms with E-state index >= 15 is 0 Å². The molecule has 0 bridgehead atoms. The summed E-state index contributed by atoms with van der Waals surface area (Å²) in [5, 5.41) is 2.62. The van der Waals surface area contributed by atoms with Crippen LogP contribution >= 0.6 is 0 Å². The summed E-state index contributed by atoms with van der Waals surface area (Å²) in [6.45, 7) is 0.536. The van der Waals surface area contributed by atoms with Crippen LogP contribution in [0.2, 0.25) is 0 Å². The number of alkyl halides is 3. The van der Waals surface area contributed by atoms with E-state index in [9.17, 15) is 13.2 Å². The van der Waals surface area contributed by atoms with E-state index in [-0.39, 0.29) is 30.5 Å². The molecule has 5 nitrogen and oxygen atoms in total. The van der Waals surface area contributed by atoms with E-state index < -0.39 is 11.9 Å². The van der Waals surface area contributed by atoms with Gasteiger partial charge in [0.25, 0.3) is 0 Å². The number of halogens is 3. The van der Waals surface area contributed by atoms with Crippen LogP contribution in [0.25, 0.3) is 11.5 Å². The Kier molecular flexibility index (Phi) is 3.70. The molecule has 0 aliphatic carbocycles. The van der Waals surface area contributed by atoms with Gasteiger partial charge in [-0.2, -0.15) is 13.2 Å². The van der Waals surface area contributed by atoms with Crippen LogP contribution in [0.15, 0.2) is 28.9 Å². The highest BCUT2D eigenvalue weighted by Crippen LogP contribution is 2.31. The van der Waals surface area contributed by atoms with Crippen LogP contribution in [-0.2, 0) is 6.18 Å². The number of anilines is 1. The maximum absolute atomic E-state index is 12.7. The Morgan fingerprint density at radius 3 is 2.68 bits per heavy atom. The summed E-state index contributed by atoms with van der Waals surface area (Å²) in [6.07, 6.45) is -3.19. The van der Waals surface area contributed by atoms with Gasteiger partial charge < -0.3 is 15.5 Å². The van der Waals surface area contributed by atoms with Gasteiger partial charge in [-0.3, -0.25) is 0 Å². The molecule has 2 heterocycles. The molecule has 0 aromatic carbocycles. The third kappa shape index (κ3) is 3.22. The lowest BCUT2D eigenvalue weighted by atomic mass is 10.2. The van der Waals surface area contributed by atoms with Gasteiger partial charge in [-0.1, -0.05) is 0 Å². The minimum Gasteiger partial charge on any atom is -0.463 e. The zero-order valence-electron chi connectivity index (χ0n) is 9.74. The van der Waals surface area contributed by atoms with Crippen molar-refractivity contribution in [2.75, 3.05) is 18.4 Å². The Morgan fingerprint density at radius 1 is 1.32 bits per heavy atom. The molecule has 2 rings (SSSR count). The highest BCUT2D eigenvalue weighted by molar-refractivity contribution is 5.54. The van der Waals surface area contributed by atoms with Crippen LogP contribution in [-0.4, -0.2) is 23.1 Å². The van der Waals surface area contributed by atoms with Crippen molar-refractivity contribution in [1.82, 2.24) is 9.97 Å². The molecular formula is C11H11F3N4O.